The van der Waals surface area contributed by atoms with Gasteiger partial charge in [0.05, 0.1) is 5.69 Å². The SMILES string of the molecule is Cc1ncc(-c2ccc(-c3cccnc3)cn2)cn1. The summed E-state index contributed by atoms with van der Waals surface area (Å²) in [6, 6.07) is 7.92. The van der Waals surface area contributed by atoms with Crippen molar-refractivity contribution in [1.29, 1.82) is 0 Å². The van der Waals surface area contributed by atoms with E-state index in [9.17, 15) is 0 Å². The Morgan fingerprint density at radius 2 is 1.47 bits per heavy atom. The van der Waals surface area contributed by atoms with Crippen molar-refractivity contribution < 1.29 is 0 Å². The van der Waals surface area contributed by atoms with E-state index in [0.717, 1.165) is 28.2 Å². The molecule has 0 atom stereocenters. The first kappa shape index (κ1) is 11.5. The van der Waals surface area contributed by atoms with Crippen LogP contribution in [0.15, 0.2) is 55.2 Å². The van der Waals surface area contributed by atoms with E-state index in [1.807, 2.05) is 43.6 Å². The molecule has 4 heteroatoms. The molecule has 0 saturated carbocycles. The Morgan fingerprint density at radius 3 is 2.11 bits per heavy atom. The van der Waals surface area contributed by atoms with Crippen LogP contribution in [0.1, 0.15) is 5.82 Å². The van der Waals surface area contributed by atoms with Crippen molar-refractivity contribution in [2.75, 3.05) is 0 Å². The van der Waals surface area contributed by atoms with Crippen LogP contribution in [0.5, 0.6) is 0 Å². The second kappa shape index (κ2) is 4.94. The molecule has 0 aliphatic heterocycles. The van der Waals surface area contributed by atoms with E-state index < -0.39 is 0 Å². The number of rotatable bonds is 2. The predicted molar refractivity (Wildman–Crippen MR) is 73.2 cm³/mol. The Labute approximate surface area is 111 Å². The Bertz CT molecular complexity index is 661. The van der Waals surface area contributed by atoms with Gasteiger partial charge in [0, 0.05) is 47.7 Å². The molecule has 0 aliphatic carbocycles. The topological polar surface area (TPSA) is 51.6 Å². The fourth-order valence-electron chi connectivity index (χ4n) is 1.79. The molecular weight excluding hydrogens is 236 g/mol. The number of aryl methyl sites for hydroxylation is 1. The summed E-state index contributed by atoms with van der Waals surface area (Å²) in [7, 11) is 0. The largest absolute Gasteiger partial charge is 0.264 e. The van der Waals surface area contributed by atoms with Gasteiger partial charge in [-0.25, -0.2) is 9.97 Å². The molecule has 0 amide bonds. The van der Waals surface area contributed by atoms with Crippen molar-refractivity contribution in [1.82, 2.24) is 19.9 Å². The molecule has 0 saturated heterocycles. The Hall–Kier alpha value is -2.62. The Balaban J connectivity index is 1.93. The van der Waals surface area contributed by atoms with Gasteiger partial charge in [0.15, 0.2) is 0 Å². The van der Waals surface area contributed by atoms with Crippen molar-refractivity contribution in [2.45, 2.75) is 6.92 Å². The minimum atomic E-state index is 0.760. The first-order valence-corrected chi connectivity index (χ1v) is 5.98. The summed E-state index contributed by atoms with van der Waals surface area (Å²) in [5.41, 5.74) is 3.89. The monoisotopic (exact) mass is 248 g/mol. The molecule has 19 heavy (non-hydrogen) atoms. The van der Waals surface area contributed by atoms with Gasteiger partial charge in [-0.15, -0.1) is 0 Å². The van der Waals surface area contributed by atoms with Crippen LogP contribution >= 0.6 is 0 Å². The normalized spacial score (nSPS) is 10.4. The molecule has 0 unspecified atom stereocenters. The molecule has 3 aromatic rings. The van der Waals surface area contributed by atoms with Crippen LogP contribution in [0.3, 0.4) is 0 Å². The highest BCUT2D eigenvalue weighted by molar-refractivity contribution is 5.65. The summed E-state index contributed by atoms with van der Waals surface area (Å²) in [4.78, 5) is 16.9. The average molecular weight is 248 g/mol. The van der Waals surface area contributed by atoms with E-state index in [-0.39, 0.29) is 0 Å². The smallest absolute Gasteiger partial charge is 0.125 e. The van der Waals surface area contributed by atoms with Crippen LogP contribution in [-0.4, -0.2) is 19.9 Å². The van der Waals surface area contributed by atoms with E-state index in [2.05, 4.69) is 19.9 Å². The van der Waals surface area contributed by atoms with E-state index in [1.54, 1.807) is 18.6 Å². The number of pyridine rings is 2. The van der Waals surface area contributed by atoms with E-state index in [1.165, 1.54) is 0 Å². The third kappa shape index (κ3) is 2.47. The number of hydrogen-bond acceptors (Lipinski definition) is 4. The fraction of sp³-hybridized carbons (Fsp3) is 0.0667. The van der Waals surface area contributed by atoms with Crippen molar-refractivity contribution in [3.8, 4) is 22.4 Å². The number of nitrogens with zero attached hydrogens (tertiary/aromatic N) is 4. The third-order valence-corrected chi connectivity index (χ3v) is 2.84. The van der Waals surface area contributed by atoms with Crippen LogP contribution in [0, 0.1) is 6.92 Å². The van der Waals surface area contributed by atoms with Crippen molar-refractivity contribution in [3.05, 3.63) is 61.1 Å². The second-order valence-corrected chi connectivity index (χ2v) is 4.19. The van der Waals surface area contributed by atoms with Crippen LogP contribution in [-0.2, 0) is 0 Å². The highest BCUT2D eigenvalue weighted by Crippen LogP contribution is 2.20. The fourth-order valence-corrected chi connectivity index (χ4v) is 1.79. The van der Waals surface area contributed by atoms with Gasteiger partial charge in [0.1, 0.15) is 5.82 Å². The van der Waals surface area contributed by atoms with Gasteiger partial charge in [0.2, 0.25) is 0 Å². The number of aromatic nitrogens is 4. The maximum Gasteiger partial charge on any atom is 0.125 e. The summed E-state index contributed by atoms with van der Waals surface area (Å²) >= 11 is 0. The van der Waals surface area contributed by atoms with Gasteiger partial charge < -0.3 is 0 Å². The second-order valence-electron chi connectivity index (χ2n) is 4.19. The molecule has 3 rings (SSSR count). The molecule has 0 aliphatic rings. The molecule has 0 spiro atoms. The van der Waals surface area contributed by atoms with Crippen molar-refractivity contribution in [3.63, 3.8) is 0 Å². The van der Waals surface area contributed by atoms with Crippen molar-refractivity contribution in [2.24, 2.45) is 0 Å². The van der Waals surface area contributed by atoms with E-state index in [4.69, 9.17) is 0 Å². The zero-order chi connectivity index (χ0) is 13.1. The van der Waals surface area contributed by atoms with E-state index >= 15 is 0 Å². The number of hydrogen-bond donors (Lipinski definition) is 0. The molecule has 4 nitrogen and oxygen atoms in total. The van der Waals surface area contributed by atoms with E-state index in [0.29, 0.717) is 0 Å². The summed E-state index contributed by atoms with van der Waals surface area (Å²) in [6.45, 7) is 1.86. The molecule has 92 valence electrons. The summed E-state index contributed by atoms with van der Waals surface area (Å²) < 4.78 is 0. The lowest BCUT2D eigenvalue weighted by Crippen LogP contribution is -1.90. The lowest BCUT2D eigenvalue weighted by Gasteiger charge is -2.03. The molecule has 0 radical (unpaired) electrons. The predicted octanol–water partition coefficient (Wildman–Crippen LogP) is 2.91. The van der Waals surface area contributed by atoms with Gasteiger partial charge in [0.25, 0.3) is 0 Å². The van der Waals surface area contributed by atoms with Gasteiger partial charge in [-0.2, -0.15) is 0 Å². The van der Waals surface area contributed by atoms with Crippen molar-refractivity contribution >= 4 is 0 Å². The van der Waals surface area contributed by atoms with Gasteiger partial charge in [-0.3, -0.25) is 9.97 Å². The molecule has 0 bridgehead atoms. The van der Waals surface area contributed by atoms with Crippen LogP contribution in [0.25, 0.3) is 22.4 Å². The third-order valence-electron chi connectivity index (χ3n) is 2.84. The first-order chi connectivity index (χ1) is 9.33. The molecule has 0 aromatic carbocycles. The van der Waals surface area contributed by atoms with Crippen LogP contribution < -0.4 is 0 Å². The molecule has 0 N–H and O–H groups in total. The minimum Gasteiger partial charge on any atom is -0.264 e. The molecule has 3 aromatic heterocycles. The van der Waals surface area contributed by atoms with Gasteiger partial charge >= 0.3 is 0 Å². The quantitative estimate of drug-likeness (QED) is 0.699. The standard InChI is InChI=1S/C15H12N4/c1-11-17-9-14(10-18-11)15-5-4-13(8-19-15)12-3-2-6-16-7-12/h2-10H,1H3. The maximum absolute atomic E-state index is 4.45. The lowest BCUT2D eigenvalue weighted by molar-refractivity contribution is 1.05. The Morgan fingerprint density at radius 1 is 0.737 bits per heavy atom. The van der Waals surface area contributed by atoms with Crippen LogP contribution in [0.2, 0.25) is 0 Å². The molecular formula is C15H12N4. The highest BCUT2D eigenvalue weighted by atomic mass is 14.9. The van der Waals surface area contributed by atoms with Gasteiger partial charge in [-0.1, -0.05) is 12.1 Å². The summed E-state index contributed by atoms with van der Waals surface area (Å²) in [5.74, 6) is 0.760. The minimum absolute atomic E-state index is 0.760. The molecule has 0 fully saturated rings. The van der Waals surface area contributed by atoms with Gasteiger partial charge in [-0.05, 0) is 19.1 Å². The van der Waals surface area contributed by atoms with Crippen LogP contribution in [0.4, 0.5) is 0 Å². The lowest BCUT2D eigenvalue weighted by atomic mass is 10.1. The molecule has 3 heterocycles. The Kier molecular flexibility index (Phi) is 2.98. The zero-order valence-electron chi connectivity index (χ0n) is 10.5. The zero-order valence-corrected chi connectivity index (χ0v) is 10.5. The maximum atomic E-state index is 4.45. The first-order valence-electron chi connectivity index (χ1n) is 5.98. The summed E-state index contributed by atoms with van der Waals surface area (Å²) in [6.07, 6.45) is 9.00. The summed E-state index contributed by atoms with van der Waals surface area (Å²) in [5, 5.41) is 0. The highest BCUT2D eigenvalue weighted by Gasteiger charge is 2.02. The average Bonchev–Trinajstić information content (AvgIpc) is 2.49.